The Bertz CT molecular complexity index is 655. The van der Waals surface area contributed by atoms with E-state index in [-0.39, 0.29) is 5.82 Å². The van der Waals surface area contributed by atoms with Crippen LogP contribution >= 0.6 is 0 Å². The summed E-state index contributed by atoms with van der Waals surface area (Å²) in [5.41, 5.74) is 3.30. The van der Waals surface area contributed by atoms with E-state index < -0.39 is 12.0 Å². The third-order valence-corrected chi connectivity index (χ3v) is 3.31. The van der Waals surface area contributed by atoms with Crippen molar-refractivity contribution in [3.8, 4) is 0 Å². The van der Waals surface area contributed by atoms with Gasteiger partial charge in [-0.2, -0.15) is 0 Å². The van der Waals surface area contributed by atoms with Gasteiger partial charge in [-0.15, -0.1) is 0 Å². The van der Waals surface area contributed by atoms with E-state index in [1.54, 1.807) is 13.0 Å². The molecule has 2 aromatic rings. The van der Waals surface area contributed by atoms with E-state index in [0.29, 0.717) is 11.1 Å². The van der Waals surface area contributed by atoms with Gasteiger partial charge in [-0.05, 0) is 54.8 Å². The molecule has 0 fully saturated rings. The van der Waals surface area contributed by atoms with Crippen LogP contribution in [0.2, 0.25) is 0 Å². The number of aryl methyl sites for hydroxylation is 2. The van der Waals surface area contributed by atoms with Crippen molar-refractivity contribution in [1.29, 1.82) is 0 Å². The van der Waals surface area contributed by atoms with E-state index in [1.807, 2.05) is 31.2 Å². The van der Waals surface area contributed by atoms with Crippen molar-refractivity contribution in [2.75, 3.05) is 12.4 Å². The van der Waals surface area contributed by atoms with Gasteiger partial charge < -0.3 is 10.1 Å². The van der Waals surface area contributed by atoms with Crippen LogP contribution in [-0.4, -0.2) is 13.1 Å². The molecule has 0 aliphatic heterocycles. The van der Waals surface area contributed by atoms with Gasteiger partial charge in [-0.1, -0.05) is 18.2 Å². The first-order valence-electron chi connectivity index (χ1n) is 6.68. The summed E-state index contributed by atoms with van der Waals surface area (Å²) in [5, 5.41) is 3.15. The van der Waals surface area contributed by atoms with Gasteiger partial charge in [0, 0.05) is 5.69 Å². The molecule has 3 nitrogen and oxygen atoms in total. The number of anilines is 1. The molecule has 2 rings (SSSR count). The summed E-state index contributed by atoms with van der Waals surface area (Å²) in [6, 6.07) is 11.4. The molecule has 0 amide bonds. The molecule has 0 bridgehead atoms. The predicted octanol–water partition coefficient (Wildman–Crippen LogP) is 3.77. The number of methoxy groups -OCH3 is 1. The normalized spacial score (nSPS) is 11.8. The Morgan fingerprint density at radius 2 is 1.95 bits per heavy atom. The fraction of sp³-hybridized carbons (Fsp3) is 0.235. The zero-order chi connectivity index (χ0) is 15.4. The molecule has 0 radical (unpaired) electrons. The highest BCUT2D eigenvalue weighted by molar-refractivity contribution is 5.81. The van der Waals surface area contributed by atoms with Crippen molar-refractivity contribution >= 4 is 11.7 Å². The molecule has 0 aliphatic carbocycles. The molecule has 110 valence electrons. The number of carbonyl (C=O) groups excluding carboxylic acids is 1. The van der Waals surface area contributed by atoms with Crippen molar-refractivity contribution < 1.29 is 13.9 Å². The lowest BCUT2D eigenvalue weighted by atomic mass is 10.0. The van der Waals surface area contributed by atoms with Gasteiger partial charge in [0.2, 0.25) is 0 Å². The molecule has 0 aliphatic rings. The standard InChI is InChI=1S/C17H18FNO2/c1-11-5-4-6-14(9-11)19-16(17(20)21-3)15-8-7-13(18)10-12(15)2/h4-10,16,19H,1-3H3. The third kappa shape index (κ3) is 3.60. The summed E-state index contributed by atoms with van der Waals surface area (Å²) in [6.07, 6.45) is 0. The van der Waals surface area contributed by atoms with Crippen molar-refractivity contribution in [2.24, 2.45) is 0 Å². The van der Waals surface area contributed by atoms with E-state index in [0.717, 1.165) is 11.3 Å². The number of hydrogen-bond donors (Lipinski definition) is 1. The van der Waals surface area contributed by atoms with Crippen LogP contribution in [0.5, 0.6) is 0 Å². The SMILES string of the molecule is COC(=O)C(Nc1cccc(C)c1)c1ccc(F)cc1C. The maximum absolute atomic E-state index is 13.2. The quantitative estimate of drug-likeness (QED) is 0.870. The molecule has 0 saturated carbocycles. The number of halogens is 1. The molecule has 0 saturated heterocycles. The average molecular weight is 287 g/mol. The third-order valence-electron chi connectivity index (χ3n) is 3.31. The van der Waals surface area contributed by atoms with E-state index in [2.05, 4.69) is 5.32 Å². The molecule has 0 spiro atoms. The number of hydrogen-bond acceptors (Lipinski definition) is 3. The van der Waals surface area contributed by atoms with Crippen LogP contribution in [0.1, 0.15) is 22.7 Å². The number of esters is 1. The maximum Gasteiger partial charge on any atom is 0.332 e. The number of benzene rings is 2. The van der Waals surface area contributed by atoms with Crippen LogP contribution < -0.4 is 5.32 Å². The minimum atomic E-state index is -0.669. The van der Waals surface area contributed by atoms with Crippen LogP contribution in [0.15, 0.2) is 42.5 Å². The van der Waals surface area contributed by atoms with Crippen molar-refractivity contribution in [3.63, 3.8) is 0 Å². The monoisotopic (exact) mass is 287 g/mol. The summed E-state index contributed by atoms with van der Waals surface area (Å²) in [5.74, 6) is -0.735. The lowest BCUT2D eigenvalue weighted by molar-refractivity contribution is -0.141. The topological polar surface area (TPSA) is 38.3 Å². The second-order valence-electron chi connectivity index (χ2n) is 4.97. The summed E-state index contributed by atoms with van der Waals surface area (Å²) < 4.78 is 18.1. The van der Waals surface area contributed by atoms with Gasteiger partial charge in [-0.3, -0.25) is 0 Å². The van der Waals surface area contributed by atoms with E-state index in [9.17, 15) is 9.18 Å². The Hall–Kier alpha value is -2.36. The molecule has 4 heteroatoms. The highest BCUT2D eigenvalue weighted by Crippen LogP contribution is 2.25. The number of nitrogens with one attached hydrogen (secondary N) is 1. The Kier molecular flexibility index (Phi) is 4.58. The highest BCUT2D eigenvalue weighted by atomic mass is 19.1. The van der Waals surface area contributed by atoms with Gasteiger partial charge in [0.15, 0.2) is 6.04 Å². The van der Waals surface area contributed by atoms with E-state index >= 15 is 0 Å². The van der Waals surface area contributed by atoms with Crippen LogP contribution in [0.4, 0.5) is 10.1 Å². The smallest absolute Gasteiger partial charge is 0.332 e. The van der Waals surface area contributed by atoms with Crippen LogP contribution in [0, 0.1) is 19.7 Å². The van der Waals surface area contributed by atoms with Crippen molar-refractivity contribution in [1.82, 2.24) is 0 Å². The zero-order valence-electron chi connectivity index (χ0n) is 12.3. The summed E-state index contributed by atoms with van der Waals surface area (Å²) >= 11 is 0. The van der Waals surface area contributed by atoms with Gasteiger partial charge in [-0.25, -0.2) is 9.18 Å². The van der Waals surface area contributed by atoms with Crippen LogP contribution in [0.3, 0.4) is 0 Å². The number of rotatable bonds is 4. The molecule has 1 N–H and O–H groups in total. The summed E-state index contributed by atoms with van der Waals surface area (Å²) in [4.78, 5) is 12.1. The lowest BCUT2D eigenvalue weighted by Gasteiger charge is -2.20. The Labute approximate surface area is 123 Å². The maximum atomic E-state index is 13.2. The highest BCUT2D eigenvalue weighted by Gasteiger charge is 2.23. The van der Waals surface area contributed by atoms with E-state index in [4.69, 9.17) is 4.74 Å². The lowest BCUT2D eigenvalue weighted by Crippen LogP contribution is -2.23. The molecule has 1 atom stereocenters. The average Bonchev–Trinajstić information content (AvgIpc) is 2.45. The van der Waals surface area contributed by atoms with Crippen molar-refractivity contribution in [3.05, 3.63) is 65.0 Å². The number of carbonyl (C=O) groups is 1. The Morgan fingerprint density at radius 1 is 1.19 bits per heavy atom. The summed E-state index contributed by atoms with van der Waals surface area (Å²) in [7, 11) is 1.34. The fourth-order valence-corrected chi connectivity index (χ4v) is 2.25. The fourth-order valence-electron chi connectivity index (χ4n) is 2.25. The summed E-state index contributed by atoms with van der Waals surface area (Å²) in [6.45, 7) is 3.74. The van der Waals surface area contributed by atoms with Gasteiger partial charge in [0.1, 0.15) is 5.82 Å². The van der Waals surface area contributed by atoms with Gasteiger partial charge in [0.25, 0.3) is 0 Å². The van der Waals surface area contributed by atoms with Gasteiger partial charge in [0.05, 0.1) is 7.11 Å². The van der Waals surface area contributed by atoms with Crippen LogP contribution in [-0.2, 0) is 9.53 Å². The largest absolute Gasteiger partial charge is 0.467 e. The molecule has 21 heavy (non-hydrogen) atoms. The molecular weight excluding hydrogens is 269 g/mol. The van der Waals surface area contributed by atoms with Crippen molar-refractivity contribution in [2.45, 2.75) is 19.9 Å². The van der Waals surface area contributed by atoms with Crippen LogP contribution in [0.25, 0.3) is 0 Å². The first-order valence-corrected chi connectivity index (χ1v) is 6.68. The van der Waals surface area contributed by atoms with E-state index in [1.165, 1.54) is 19.2 Å². The molecule has 0 heterocycles. The number of ether oxygens (including phenoxy) is 1. The first kappa shape index (κ1) is 15.0. The minimum absolute atomic E-state index is 0.324. The minimum Gasteiger partial charge on any atom is -0.467 e. The Morgan fingerprint density at radius 3 is 2.57 bits per heavy atom. The Balaban J connectivity index is 2.37. The predicted molar refractivity (Wildman–Crippen MR) is 80.7 cm³/mol. The molecular formula is C17H18FNO2. The zero-order valence-corrected chi connectivity index (χ0v) is 12.3. The molecule has 1 unspecified atom stereocenters. The van der Waals surface area contributed by atoms with Gasteiger partial charge >= 0.3 is 5.97 Å². The molecule has 0 aromatic heterocycles. The molecule has 2 aromatic carbocycles. The second-order valence-corrected chi connectivity index (χ2v) is 4.97. The first-order chi connectivity index (χ1) is 10.0. The second kappa shape index (κ2) is 6.39.